The Hall–Kier alpha value is -1.06. The molecule has 1 heterocycles. The Morgan fingerprint density at radius 1 is 1.50 bits per heavy atom. The van der Waals surface area contributed by atoms with Crippen LogP contribution in [0.1, 0.15) is 40.5 Å². The molecule has 16 heavy (non-hydrogen) atoms. The van der Waals surface area contributed by atoms with E-state index in [1.54, 1.807) is 4.90 Å². The predicted octanol–water partition coefficient (Wildman–Crippen LogP) is 1.80. The van der Waals surface area contributed by atoms with Crippen molar-refractivity contribution in [3.63, 3.8) is 0 Å². The zero-order valence-electron chi connectivity index (χ0n) is 10.7. The van der Waals surface area contributed by atoms with E-state index in [0.29, 0.717) is 25.3 Å². The molecule has 1 saturated heterocycles. The Bertz CT molecular complexity index is 281. The van der Waals surface area contributed by atoms with Crippen molar-refractivity contribution in [3.8, 4) is 0 Å². The zero-order valence-corrected chi connectivity index (χ0v) is 10.7. The summed E-state index contributed by atoms with van der Waals surface area (Å²) in [5.74, 6) is 0.321. The average molecular weight is 226 g/mol. The molecule has 1 rings (SSSR count). The van der Waals surface area contributed by atoms with Crippen molar-refractivity contribution < 1.29 is 9.59 Å². The molecule has 92 valence electrons. The van der Waals surface area contributed by atoms with Crippen molar-refractivity contribution in [2.45, 2.75) is 46.1 Å². The van der Waals surface area contributed by atoms with Gasteiger partial charge in [-0.2, -0.15) is 0 Å². The first-order chi connectivity index (χ1) is 7.33. The molecular formula is C12H22N2O2. The minimum absolute atomic E-state index is 0.0273. The normalized spacial score (nSPS) is 22.1. The molecule has 0 aromatic carbocycles. The number of urea groups is 1. The third-order valence-corrected chi connectivity index (χ3v) is 2.79. The number of nitrogens with one attached hydrogen (secondary N) is 1. The van der Waals surface area contributed by atoms with Gasteiger partial charge in [-0.15, -0.1) is 0 Å². The lowest BCUT2D eigenvalue weighted by atomic mass is 9.94. The second-order valence-corrected chi connectivity index (χ2v) is 5.45. The SMILES string of the molecule is CCC1CN(C(=O)NC(C)(C)C)CCC1=O. The van der Waals surface area contributed by atoms with Gasteiger partial charge in [0.2, 0.25) is 0 Å². The van der Waals surface area contributed by atoms with Gasteiger partial charge in [0.15, 0.2) is 0 Å². The first kappa shape index (κ1) is 13.0. The molecule has 1 N–H and O–H groups in total. The molecule has 0 aromatic rings. The Morgan fingerprint density at radius 3 is 2.62 bits per heavy atom. The molecule has 0 radical (unpaired) electrons. The molecule has 1 unspecified atom stereocenters. The Morgan fingerprint density at radius 2 is 2.12 bits per heavy atom. The summed E-state index contributed by atoms with van der Waals surface area (Å²) >= 11 is 0. The van der Waals surface area contributed by atoms with Gasteiger partial charge in [-0.1, -0.05) is 6.92 Å². The number of carbonyl (C=O) groups is 2. The molecule has 4 nitrogen and oxygen atoms in total. The minimum atomic E-state index is -0.222. The fraction of sp³-hybridized carbons (Fsp3) is 0.833. The van der Waals surface area contributed by atoms with E-state index < -0.39 is 0 Å². The van der Waals surface area contributed by atoms with Crippen LogP contribution in [0.25, 0.3) is 0 Å². The Kier molecular flexibility index (Phi) is 3.94. The number of rotatable bonds is 1. The summed E-state index contributed by atoms with van der Waals surface area (Å²) < 4.78 is 0. The van der Waals surface area contributed by atoms with Crippen LogP contribution < -0.4 is 5.32 Å². The standard InChI is InChI=1S/C12H22N2O2/c1-5-9-8-14(7-6-10(9)15)11(16)13-12(2,3)4/h9H,5-8H2,1-4H3,(H,13,16). The summed E-state index contributed by atoms with van der Waals surface area (Å²) in [5.41, 5.74) is -0.222. The van der Waals surface area contributed by atoms with Gasteiger partial charge < -0.3 is 10.2 Å². The predicted molar refractivity (Wildman–Crippen MR) is 63.3 cm³/mol. The van der Waals surface area contributed by atoms with E-state index in [1.807, 2.05) is 27.7 Å². The van der Waals surface area contributed by atoms with Crippen LogP contribution in [0.4, 0.5) is 4.79 Å². The Labute approximate surface area is 97.4 Å². The molecular weight excluding hydrogens is 204 g/mol. The maximum Gasteiger partial charge on any atom is 0.317 e. The molecule has 0 aromatic heterocycles. The summed E-state index contributed by atoms with van der Waals surface area (Å²) in [5, 5.41) is 2.92. The van der Waals surface area contributed by atoms with Crippen molar-refractivity contribution >= 4 is 11.8 Å². The van der Waals surface area contributed by atoms with E-state index in [1.165, 1.54) is 0 Å². The van der Waals surface area contributed by atoms with Crippen LogP contribution in [0.3, 0.4) is 0 Å². The van der Waals surface area contributed by atoms with Gasteiger partial charge >= 0.3 is 6.03 Å². The highest BCUT2D eigenvalue weighted by atomic mass is 16.2. The van der Waals surface area contributed by atoms with Crippen LogP contribution in [-0.2, 0) is 4.79 Å². The highest BCUT2D eigenvalue weighted by Crippen LogP contribution is 2.16. The molecule has 4 heteroatoms. The fourth-order valence-corrected chi connectivity index (χ4v) is 1.85. The van der Waals surface area contributed by atoms with Crippen LogP contribution in [0.2, 0.25) is 0 Å². The maximum absolute atomic E-state index is 11.9. The monoisotopic (exact) mass is 226 g/mol. The first-order valence-corrected chi connectivity index (χ1v) is 5.93. The second-order valence-electron chi connectivity index (χ2n) is 5.45. The third kappa shape index (κ3) is 3.51. The third-order valence-electron chi connectivity index (χ3n) is 2.79. The zero-order chi connectivity index (χ0) is 12.3. The number of hydrogen-bond acceptors (Lipinski definition) is 2. The molecule has 0 spiro atoms. The van der Waals surface area contributed by atoms with Gasteiger partial charge in [-0.05, 0) is 27.2 Å². The maximum atomic E-state index is 11.9. The van der Waals surface area contributed by atoms with Gasteiger partial charge in [0.25, 0.3) is 0 Å². The molecule has 1 atom stereocenters. The van der Waals surface area contributed by atoms with Gasteiger partial charge in [0.1, 0.15) is 5.78 Å². The van der Waals surface area contributed by atoms with Crippen molar-refractivity contribution in [3.05, 3.63) is 0 Å². The number of Topliss-reactive ketones (excluding diaryl/α,β-unsaturated/α-hetero) is 1. The first-order valence-electron chi connectivity index (χ1n) is 5.93. The van der Waals surface area contributed by atoms with Gasteiger partial charge in [0, 0.05) is 31.0 Å². The van der Waals surface area contributed by atoms with Crippen LogP contribution in [0.15, 0.2) is 0 Å². The van der Waals surface area contributed by atoms with Crippen LogP contribution in [0, 0.1) is 5.92 Å². The average Bonchev–Trinajstić information content (AvgIpc) is 2.15. The van der Waals surface area contributed by atoms with Gasteiger partial charge in [-0.3, -0.25) is 4.79 Å². The highest BCUT2D eigenvalue weighted by Gasteiger charge is 2.29. The van der Waals surface area contributed by atoms with Gasteiger partial charge in [-0.25, -0.2) is 4.79 Å². The number of ketones is 1. The van der Waals surface area contributed by atoms with Crippen molar-refractivity contribution in [2.75, 3.05) is 13.1 Å². The number of amides is 2. The molecule has 0 aliphatic carbocycles. The quantitative estimate of drug-likeness (QED) is 0.741. The van der Waals surface area contributed by atoms with Crippen molar-refractivity contribution in [2.24, 2.45) is 5.92 Å². The largest absolute Gasteiger partial charge is 0.333 e. The van der Waals surface area contributed by atoms with Crippen LogP contribution >= 0.6 is 0 Å². The molecule has 1 aliphatic heterocycles. The fourth-order valence-electron chi connectivity index (χ4n) is 1.85. The smallest absolute Gasteiger partial charge is 0.317 e. The number of carbonyl (C=O) groups excluding carboxylic acids is 2. The summed E-state index contributed by atoms with van der Waals surface area (Å²) in [6.07, 6.45) is 1.31. The van der Waals surface area contributed by atoms with E-state index in [-0.39, 0.29) is 17.5 Å². The molecule has 0 bridgehead atoms. The number of piperidine rings is 1. The number of hydrogen-bond donors (Lipinski definition) is 1. The van der Waals surface area contributed by atoms with E-state index in [2.05, 4.69) is 5.32 Å². The van der Waals surface area contributed by atoms with Crippen molar-refractivity contribution in [1.82, 2.24) is 10.2 Å². The van der Waals surface area contributed by atoms with E-state index in [0.717, 1.165) is 6.42 Å². The molecule has 1 aliphatic rings. The molecule has 2 amide bonds. The molecule has 1 fully saturated rings. The number of likely N-dealkylation sites (tertiary alicyclic amines) is 1. The van der Waals surface area contributed by atoms with Crippen molar-refractivity contribution in [1.29, 1.82) is 0 Å². The summed E-state index contributed by atoms with van der Waals surface area (Å²) in [4.78, 5) is 25.2. The minimum Gasteiger partial charge on any atom is -0.333 e. The Balaban J connectivity index is 2.55. The topological polar surface area (TPSA) is 49.4 Å². The van der Waals surface area contributed by atoms with E-state index in [4.69, 9.17) is 0 Å². The summed E-state index contributed by atoms with van der Waals surface area (Å²) in [6.45, 7) is 8.98. The van der Waals surface area contributed by atoms with Gasteiger partial charge in [0.05, 0.1) is 0 Å². The van der Waals surface area contributed by atoms with E-state index >= 15 is 0 Å². The summed E-state index contributed by atoms with van der Waals surface area (Å²) in [7, 11) is 0. The molecule has 0 saturated carbocycles. The lowest BCUT2D eigenvalue weighted by Gasteiger charge is -2.33. The summed E-state index contributed by atoms with van der Waals surface area (Å²) in [6, 6.07) is -0.0570. The lowest BCUT2D eigenvalue weighted by molar-refractivity contribution is -0.125. The lowest BCUT2D eigenvalue weighted by Crippen LogP contribution is -2.52. The van der Waals surface area contributed by atoms with E-state index in [9.17, 15) is 9.59 Å². The second kappa shape index (κ2) is 4.85. The number of nitrogens with zero attached hydrogens (tertiary/aromatic N) is 1. The van der Waals surface area contributed by atoms with Crippen LogP contribution in [0.5, 0.6) is 0 Å². The highest BCUT2D eigenvalue weighted by molar-refractivity contribution is 5.85. The van der Waals surface area contributed by atoms with Crippen LogP contribution in [-0.4, -0.2) is 35.3 Å².